The lowest BCUT2D eigenvalue weighted by Crippen LogP contribution is -2.42. The Kier molecular flexibility index (Phi) is 2.62. The van der Waals surface area contributed by atoms with Crippen molar-refractivity contribution >= 4 is 5.91 Å². The van der Waals surface area contributed by atoms with Crippen molar-refractivity contribution in [3.63, 3.8) is 0 Å². The van der Waals surface area contributed by atoms with Gasteiger partial charge in [-0.15, -0.1) is 0 Å². The molecule has 16 heavy (non-hydrogen) atoms. The molecule has 1 aromatic rings. The van der Waals surface area contributed by atoms with Gasteiger partial charge in [-0.3, -0.25) is 4.79 Å². The van der Waals surface area contributed by atoms with Gasteiger partial charge in [0.1, 0.15) is 5.75 Å². The molecule has 0 saturated carbocycles. The molecule has 1 aliphatic rings. The van der Waals surface area contributed by atoms with Crippen LogP contribution in [0.3, 0.4) is 0 Å². The molecule has 0 unspecified atom stereocenters. The zero-order valence-corrected chi connectivity index (χ0v) is 9.73. The van der Waals surface area contributed by atoms with E-state index in [-0.39, 0.29) is 17.2 Å². The molecule has 1 aromatic carbocycles. The summed E-state index contributed by atoms with van der Waals surface area (Å²) in [5, 5.41) is 9.18. The third-order valence-corrected chi connectivity index (χ3v) is 3.26. The molecule has 2 rings (SSSR count). The standard InChI is InChI=1S/C13H17NO2/c1-13(2)8-3-9-14(13)12(16)10-4-6-11(15)7-5-10/h4-7,15H,3,8-9H2,1-2H3. The van der Waals surface area contributed by atoms with Crippen molar-refractivity contribution in [2.24, 2.45) is 0 Å². The highest BCUT2D eigenvalue weighted by Gasteiger charge is 2.35. The summed E-state index contributed by atoms with van der Waals surface area (Å²) in [6.07, 6.45) is 2.12. The first-order valence-corrected chi connectivity index (χ1v) is 5.62. The molecule has 1 N–H and O–H groups in total. The van der Waals surface area contributed by atoms with Crippen LogP contribution in [-0.4, -0.2) is 28.0 Å². The van der Waals surface area contributed by atoms with Crippen molar-refractivity contribution in [2.75, 3.05) is 6.54 Å². The first kappa shape index (κ1) is 11.0. The molecule has 1 aliphatic heterocycles. The molecule has 0 spiro atoms. The quantitative estimate of drug-likeness (QED) is 0.788. The Morgan fingerprint density at radius 2 is 1.94 bits per heavy atom. The second-order valence-corrected chi connectivity index (χ2v) is 4.92. The van der Waals surface area contributed by atoms with Gasteiger partial charge >= 0.3 is 0 Å². The van der Waals surface area contributed by atoms with Gasteiger partial charge in [-0.2, -0.15) is 0 Å². The Hall–Kier alpha value is -1.51. The van der Waals surface area contributed by atoms with Gasteiger partial charge in [-0.05, 0) is 51.0 Å². The van der Waals surface area contributed by atoms with Crippen LogP contribution in [0.15, 0.2) is 24.3 Å². The van der Waals surface area contributed by atoms with Gasteiger partial charge in [-0.1, -0.05) is 0 Å². The zero-order valence-electron chi connectivity index (χ0n) is 9.73. The molecule has 0 aromatic heterocycles. The van der Waals surface area contributed by atoms with E-state index in [1.165, 1.54) is 0 Å². The molecule has 3 nitrogen and oxygen atoms in total. The first-order chi connectivity index (χ1) is 7.50. The van der Waals surface area contributed by atoms with Gasteiger partial charge in [0.05, 0.1) is 0 Å². The first-order valence-electron chi connectivity index (χ1n) is 5.62. The second-order valence-electron chi connectivity index (χ2n) is 4.92. The Balaban J connectivity index is 2.22. The third kappa shape index (κ3) is 1.90. The molecule has 1 amide bonds. The minimum atomic E-state index is -0.0467. The summed E-state index contributed by atoms with van der Waals surface area (Å²) < 4.78 is 0. The van der Waals surface area contributed by atoms with E-state index in [1.54, 1.807) is 24.3 Å². The average molecular weight is 219 g/mol. The van der Waals surface area contributed by atoms with Crippen molar-refractivity contribution in [2.45, 2.75) is 32.2 Å². The SMILES string of the molecule is CC1(C)CCCN1C(=O)c1ccc(O)cc1. The number of nitrogens with zero attached hydrogens (tertiary/aromatic N) is 1. The molecule has 0 aliphatic carbocycles. The van der Waals surface area contributed by atoms with E-state index in [1.807, 2.05) is 4.90 Å². The van der Waals surface area contributed by atoms with Gasteiger partial charge in [0.2, 0.25) is 0 Å². The molecular weight excluding hydrogens is 202 g/mol. The Labute approximate surface area is 95.7 Å². The van der Waals surface area contributed by atoms with Crippen LogP contribution in [0.2, 0.25) is 0 Å². The van der Waals surface area contributed by atoms with Gasteiger partial charge < -0.3 is 10.0 Å². The summed E-state index contributed by atoms with van der Waals surface area (Å²) in [7, 11) is 0. The predicted octanol–water partition coefficient (Wildman–Crippen LogP) is 2.41. The van der Waals surface area contributed by atoms with Crippen LogP contribution in [-0.2, 0) is 0 Å². The summed E-state index contributed by atoms with van der Waals surface area (Å²) >= 11 is 0. The lowest BCUT2D eigenvalue weighted by atomic mass is 10.0. The number of hydrogen-bond acceptors (Lipinski definition) is 2. The summed E-state index contributed by atoms with van der Waals surface area (Å²) in [5.41, 5.74) is 0.599. The van der Waals surface area contributed by atoms with E-state index in [9.17, 15) is 9.90 Å². The third-order valence-electron chi connectivity index (χ3n) is 3.26. The minimum Gasteiger partial charge on any atom is -0.508 e. The van der Waals surface area contributed by atoms with Crippen LogP contribution in [0.25, 0.3) is 0 Å². The van der Waals surface area contributed by atoms with Gasteiger partial charge in [0, 0.05) is 17.6 Å². The Morgan fingerprint density at radius 3 is 2.44 bits per heavy atom. The van der Waals surface area contributed by atoms with E-state index < -0.39 is 0 Å². The van der Waals surface area contributed by atoms with E-state index in [2.05, 4.69) is 13.8 Å². The number of amides is 1. The fourth-order valence-electron chi connectivity index (χ4n) is 2.24. The molecule has 1 saturated heterocycles. The van der Waals surface area contributed by atoms with Crippen LogP contribution in [0.5, 0.6) is 5.75 Å². The van der Waals surface area contributed by atoms with Crippen molar-refractivity contribution in [1.29, 1.82) is 0 Å². The maximum absolute atomic E-state index is 12.2. The lowest BCUT2D eigenvalue weighted by molar-refractivity contribution is 0.0652. The number of phenols is 1. The van der Waals surface area contributed by atoms with Crippen molar-refractivity contribution < 1.29 is 9.90 Å². The molecular formula is C13H17NO2. The lowest BCUT2D eigenvalue weighted by Gasteiger charge is -2.31. The topological polar surface area (TPSA) is 40.5 Å². The molecule has 0 radical (unpaired) electrons. The van der Waals surface area contributed by atoms with Gasteiger partial charge in [-0.25, -0.2) is 0 Å². The summed E-state index contributed by atoms with van der Waals surface area (Å²) in [4.78, 5) is 14.1. The van der Waals surface area contributed by atoms with Crippen LogP contribution in [0, 0.1) is 0 Å². The molecule has 3 heteroatoms. The molecule has 86 valence electrons. The van der Waals surface area contributed by atoms with Crippen LogP contribution in [0.1, 0.15) is 37.0 Å². The highest BCUT2D eigenvalue weighted by Crippen LogP contribution is 2.29. The normalized spacial score (nSPS) is 18.8. The predicted molar refractivity (Wildman–Crippen MR) is 62.5 cm³/mol. The van der Waals surface area contributed by atoms with E-state index in [0.717, 1.165) is 19.4 Å². The maximum atomic E-state index is 12.2. The maximum Gasteiger partial charge on any atom is 0.254 e. The van der Waals surface area contributed by atoms with Gasteiger partial charge in [0.25, 0.3) is 5.91 Å². The number of carbonyl (C=O) groups excluding carboxylic acids is 1. The largest absolute Gasteiger partial charge is 0.508 e. The summed E-state index contributed by atoms with van der Waals surface area (Å²) in [5.74, 6) is 0.250. The highest BCUT2D eigenvalue weighted by molar-refractivity contribution is 5.95. The van der Waals surface area contributed by atoms with Crippen molar-refractivity contribution in [3.05, 3.63) is 29.8 Å². The summed E-state index contributed by atoms with van der Waals surface area (Å²) in [6.45, 7) is 5.02. The second kappa shape index (κ2) is 3.81. The van der Waals surface area contributed by atoms with Crippen LogP contribution >= 0.6 is 0 Å². The number of aromatic hydroxyl groups is 1. The van der Waals surface area contributed by atoms with E-state index in [4.69, 9.17) is 0 Å². The summed E-state index contributed by atoms with van der Waals surface area (Å²) in [6, 6.07) is 6.45. The Morgan fingerprint density at radius 1 is 1.31 bits per heavy atom. The highest BCUT2D eigenvalue weighted by atomic mass is 16.3. The number of rotatable bonds is 1. The van der Waals surface area contributed by atoms with E-state index >= 15 is 0 Å². The fourth-order valence-corrected chi connectivity index (χ4v) is 2.24. The number of phenolic OH excluding ortho intramolecular Hbond substituents is 1. The number of likely N-dealkylation sites (tertiary alicyclic amines) is 1. The fraction of sp³-hybridized carbons (Fsp3) is 0.462. The number of hydrogen-bond donors (Lipinski definition) is 1. The zero-order chi connectivity index (χ0) is 11.8. The smallest absolute Gasteiger partial charge is 0.254 e. The molecule has 1 heterocycles. The minimum absolute atomic E-state index is 0.0467. The molecule has 1 fully saturated rings. The number of benzene rings is 1. The van der Waals surface area contributed by atoms with Crippen LogP contribution in [0.4, 0.5) is 0 Å². The monoisotopic (exact) mass is 219 g/mol. The molecule has 0 atom stereocenters. The van der Waals surface area contributed by atoms with E-state index in [0.29, 0.717) is 5.56 Å². The van der Waals surface area contributed by atoms with Crippen LogP contribution < -0.4 is 0 Å². The molecule has 0 bridgehead atoms. The van der Waals surface area contributed by atoms with Gasteiger partial charge in [0.15, 0.2) is 0 Å². The van der Waals surface area contributed by atoms with Crippen molar-refractivity contribution in [1.82, 2.24) is 4.90 Å². The number of carbonyl (C=O) groups is 1. The Bertz CT molecular complexity index is 395. The average Bonchev–Trinajstić information content (AvgIpc) is 2.58. The van der Waals surface area contributed by atoms with Crippen molar-refractivity contribution in [3.8, 4) is 5.75 Å².